The molecule has 1 unspecified atom stereocenters. The molecule has 0 saturated heterocycles. The van der Waals surface area contributed by atoms with E-state index in [9.17, 15) is 9.18 Å². The van der Waals surface area contributed by atoms with E-state index in [4.69, 9.17) is 13.9 Å². The maximum Gasteiger partial charge on any atom is 0.393 e. The molecule has 0 aliphatic heterocycles. The molecule has 0 radical (unpaired) electrons. The van der Waals surface area contributed by atoms with Crippen molar-refractivity contribution in [3.63, 3.8) is 0 Å². The lowest BCUT2D eigenvalue weighted by molar-refractivity contribution is 0.322. The highest BCUT2D eigenvalue weighted by atomic mass is 32.2. The molecule has 0 bridgehead atoms. The minimum absolute atomic E-state index is 0.324. The zero-order chi connectivity index (χ0) is 25.6. The van der Waals surface area contributed by atoms with E-state index in [1.54, 1.807) is 18.2 Å². The first-order valence-electron chi connectivity index (χ1n) is 12.1. The van der Waals surface area contributed by atoms with Gasteiger partial charge in [0.05, 0.1) is 13.2 Å². The van der Waals surface area contributed by atoms with Crippen LogP contribution >= 0.6 is 0 Å². The SMILES string of the molecule is CCOc1ccc2cc([S+](c3ccc(F)cc3)c3ccc(CCOc4ccccc4)cc3)c(=O)oc2c1. The van der Waals surface area contributed by atoms with E-state index in [1.807, 2.05) is 79.7 Å². The van der Waals surface area contributed by atoms with Crippen LogP contribution in [0.3, 0.4) is 0 Å². The number of fused-ring (bicyclic) bond motifs is 1. The zero-order valence-electron chi connectivity index (χ0n) is 20.4. The van der Waals surface area contributed by atoms with Crippen molar-refractivity contribution in [3.05, 3.63) is 125 Å². The molecule has 0 aliphatic rings. The Morgan fingerprint density at radius 2 is 1.49 bits per heavy atom. The number of para-hydroxylation sites is 1. The highest BCUT2D eigenvalue weighted by Crippen LogP contribution is 2.32. The molecule has 5 aromatic rings. The fraction of sp³-hybridized carbons (Fsp3) is 0.129. The van der Waals surface area contributed by atoms with E-state index in [-0.39, 0.29) is 5.82 Å². The summed E-state index contributed by atoms with van der Waals surface area (Å²) in [5, 5.41) is 0.798. The Kier molecular flexibility index (Phi) is 7.57. The van der Waals surface area contributed by atoms with Gasteiger partial charge in [-0.15, -0.1) is 0 Å². The first-order chi connectivity index (χ1) is 18.1. The Morgan fingerprint density at radius 3 is 2.19 bits per heavy atom. The molecule has 1 heterocycles. The summed E-state index contributed by atoms with van der Waals surface area (Å²) in [6.07, 6.45) is 0.750. The van der Waals surface area contributed by atoms with E-state index in [0.29, 0.717) is 29.4 Å². The molecule has 0 saturated carbocycles. The van der Waals surface area contributed by atoms with Crippen molar-refractivity contribution >= 4 is 21.9 Å². The summed E-state index contributed by atoms with van der Waals surface area (Å²) in [5.74, 6) is 1.17. The highest BCUT2D eigenvalue weighted by Gasteiger charge is 2.33. The third-order valence-corrected chi connectivity index (χ3v) is 8.03. The molecule has 4 nitrogen and oxygen atoms in total. The predicted octanol–water partition coefficient (Wildman–Crippen LogP) is 7.05. The molecule has 0 aliphatic carbocycles. The lowest BCUT2D eigenvalue weighted by Crippen LogP contribution is -2.15. The number of hydrogen-bond acceptors (Lipinski definition) is 4. The molecule has 1 aromatic heterocycles. The van der Waals surface area contributed by atoms with E-state index in [0.717, 1.165) is 32.9 Å². The number of ether oxygens (including phenoxy) is 2. The second kappa shape index (κ2) is 11.4. The maximum atomic E-state index is 13.7. The van der Waals surface area contributed by atoms with Crippen LogP contribution < -0.4 is 15.1 Å². The summed E-state index contributed by atoms with van der Waals surface area (Å²) in [6.45, 7) is 2.99. The van der Waals surface area contributed by atoms with Crippen molar-refractivity contribution in [2.75, 3.05) is 13.2 Å². The summed E-state index contributed by atoms with van der Waals surface area (Å²) < 4.78 is 30.8. The second-order valence-corrected chi connectivity index (χ2v) is 10.3. The molecule has 0 N–H and O–H groups in total. The molecular weight excluding hydrogens is 487 g/mol. The van der Waals surface area contributed by atoms with Gasteiger partial charge >= 0.3 is 5.63 Å². The minimum atomic E-state index is -0.778. The van der Waals surface area contributed by atoms with E-state index in [1.165, 1.54) is 12.1 Å². The van der Waals surface area contributed by atoms with Gasteiger partial charge in [-0.3, -0.25) is 0 Å². The van der Waals surface area contributed by atoms with Crippen LogP contribution in [-0.2, 0) is 17.3 Å². The average molecular weight is 514 g/mol. The Bertz CT molecular complexity index is 1530. The van der Waals surface area contributed by atoms with Crippen molar-refractivity contribution in [1.29, 1.82) is 0 Å². The van der Waals surface area contributed by atoms with Crippen molar-refractivity contribution in [2.45, 2.75) is 28.0 Å². The van der Waals surface area contributed by atoms with Gasteiger partial charge in [0.25, 0.3) is 4.90 Å². The lowest BCUT2D eigenvalue weighted by Gasteiger charge is -2.10. The predicted molar refractivity (Wildman–Crippen MR) is 144 cm³/mol. The van der Waals surface area contributed by atoms with Crippen molar-refractivity contribution in [2.24, 2.45) is 0 Å². The molecule has 186 valence electrons. The summed E-state index contributed by atoms with van der Waals surface area (Å²) in [4.78, 5) is 15.5. The fourth-order valence-corrected chi connectivity index (χ4v) is 6.08. The first-order valence-corrected chi connectivity index (χ1v) is 13.3. The summed E-state index contributed by atoms with van der Waals surface area (Å²) in [6, 6.07) is 31.5. The van der Waals surface area contributed by atoms with Crippen molar-refractivity contribution in [1.82, 2.24) is 0 Å². The van der Waals surface area contributed by atoms with Crippen LogP contribution in [0.5, 0.6) is 11.5 Å². The normalized spacial score (nSPS) is 11.8. The third-order valence-electron chi connectivity index (χ3n) is 5.82. The smallest absolute Gasteiger partial charge is 0.393 e. The summed E-state index contributed by atoms with van der Waals surface area (Å²) in [7, 11) is -0.778. The van der Waals surface area contributed by atoms with Gasteiger partial charge in [0.1, 0.15) is 33.8 Å². The van der Waals surface area contributed by atoms with E-state index >= 15 is 0 Å². The van der Waals surface area contributed by atoms with Gasteiger partial charge in [-0.2, -0.15) is 0 Å². The molecule has 5 rings (SSSR count). The molecule has 0 amide bonds. The van der Waals surface area contributed by atoms with Gasteiger partial charge in [0.15, 0.2) is 9.79 Å². The largest absolute Gasteiger partial charge is 0.494 e. The Balaban J connectivity index is 1.46. The number of rotatable bonds is 9. The third kappa shape index (κ3) is 5.87. The molecule has 1 atom stereocenters. The van der Waals surface area contributed by atoms with Crippen LogP contribution in [0.25, 0.3) is 11.0 Å². The van der Waals surface area contributed by atoms with Gasteiger partial charge in [-0.05, 0) is 73.2 Å². The Hall–Kier alpha value is -4.03. The van der Waals surface area contributed by atoms with Crippen LogP contribution in [0.15, 0.2) is 127 Å². The lowest BCUT2D eigenvalue weighted by atomic mass is 10.2. The molecule has 0 fully saturated rings. The van der Waals surface area contributed by atoms with Crippen LogP contribution in [0, 0.1) is 5.82 Å². The van der Waals surface area contributed by atoms with Gasteiger partial charge in [-0.25, -0.2) is 9.18 Å². The van der Waals surface area contributed by atoms with E-state index < -0.39 is 16.5 Å². The fourth-order valence-electron chi connectivity index (χ4n) is 4.03. The molecular formula is C31H26FO4S+. The molecule has 6 heteroatoms. The minimum Gasteiger partial charge on any atom is -0.494 e. The van der Waals surface area contributed by atoms with Crippen LogP contribution in [0.1, 0.15) is 12.5 Å². The second-order valence-electron chi connectivity index (χ2n) is 8.35. The quantitative estimate of drug-likeness (QED) is 0.157. The number of benzene rings is 4. The zero-order valence-corrected chi connectivity index (χ0v) is 21.2. The van der Waals surface area contributed by atoms with Gasteiger partial charge in [0, 0.05) is 23.9 Å². The van der Waals surface area contributed by atoms with Gasteiger partial charge in [0.2, 0.25) is 0 Å². The van der Waals surface area contributed by atoms with Crippen LogP contribution in [-0.4, -0.2) is 13.2 Å². The standard InChI is InChI=1S/C31H26FO4S/c1-2-34-26-13-10-23-20-30(31(33)36-29(23)21-26)37(28-16-11-24(32)12-17-28)27-14-8-22(9-15-27)18-19-35-25-6-4-3-5-7-25/h3-17,20-21H,2,18-19H2,1H3/q+1. The number of hydrogen-bond donors (Lipinski definition) is 0. The van der Waals surface area contributed by atoms with Gasteiger partial charge in [-0.1, -0.05) is 30.3 Å². The number of halogens is 1. The van der Waals surface area contributed by atoms with Crippen molar-refractivity contribution in [3.8, 4) is 11.5 Å². The topological polar surface area (TPSA) is 48.7 Å². The van der Waals surface area contributed by atoms with Gasteiger partial charge < -0.3 is 13.9 Å². The Labute approximate surface area is 217 Å². The Morgan fingerprint density at radius 1 is 0.784 bits per heavy atom. The molecule has 0 spiro atoms. The average Bonchev–Trinajstić information content (AvgIpc) is 2.92. The van der Waals surface area contributed by atoms with Crippen LogP contribution in [0.4, 0.5) is 4.39 Å². The van der Waals surface area contributed by atoms with E-state index in [2.05, 4.69) is 0 Å². The maximum absolute atomic E-state index is 13.7. The molecule has 4 aromatic carbocycles. The highest BCUT2D eigenvalue weighted by molar-refractivity contribution is 7.97. The summed E-state index contributed by atoms with van der Waals surface area (Å²) >= 11 is 0. The van der Waals surface area contributed by atoms with Crippen molar-refractivity contribution < 1.29 is 18.3 Å². The monoisotopic (exact) mass is 513 g/mol. The summed E-state index contributed by atoms with van der Waals surface area (Å²) in [5.41, 5.74) is 1.17. The first kappa shape index (κ1) is 24.7. The molecule has 37 heavy (non-hydrogen) atoms. The van der Waals surface area contributed by atoms with Crippen LogP contribution in [0.2, 0.25) is 0 Å².